The lowest BCUT2D eigenvalue weighted by molar-refractivity contribution is -0.125. The van der Waals surface area contributed by atoms with Crippen molar-refractivity contribution in [3.05, 3.63) is 48.0 Å². The third-order valence-electron chi connectivity index (χ3n) is 5.68. The Morgan fingerprint density at radius 2 is 1.72 bits per heavy atom. The van der Waals surface area contributed by atoms with E-state index < -0.39 is 24.3 Å². The maximum Gasteiger partial charge on any atom is 0.237 e. The van der Waals surface area contributed by atoms with Crippen molar-refractivity contribution < 1.29 is 15.0 Å². The fraction of sp³-hybridized carbons (Fsp3) is 0.542. The molecule has 0 aliphatic carbocycles. The van der Waals surface area contributed by atoms with Crippen LogP contribution in [-0.2, 0) is 11.2 Å². The predicted molar refractivity (Wildman–Crippen MR) is 118 cm³/mol. The topological polar surface area (TPSA) is 95.6 Å². The van der Waals surface area contributed by atoms with E-state index in [0.717, 1.165) is 22.8 Å². The molecule has 2 aromatic rings. The lowest BCUT2D eigenvalue weighted by Crippen LogP contribution is -2.55. The smallest absolute Gasteiger partial charge is 0.237 e. The van der Waals surface area contributed by atoms with E-state index in [1.54, 1.807) is 0 Å². The van der Waals surface area contributed by atoms with E-state index in [2.05, 4.69) is 11.4 Å². The highest BCUT2D eigenvalue weighted by Gasteiger charge is 2.30. The van der Waals surface area contributed by atoms with Crippen LogP contribution in [0, 0.1) is 11.8 Å². The quantitative estimate of drug-likeness (QED) is 0.493. The van der Waals surface area contributed by atoms with Crippen molar-refractivity contribution in [1.82, 2.24) is 5.32 Å². The van der Waals surface area contributed by atoms with E-state index in [4.69, 9.17) is 5.73 Å². The van der Waals surface area contributed by atoms with Gasteiger partial charge in [-0.3, -0.25) is 4.79 Å². The van der Waals surface area contributed by atoms with Crippen molar-refractivity contribution in [2.75, 3.05) is 0 Å². The first-order chi connectivity index (χ1) is 13.7. The Labute approximate surface area is 174 Å². The fourth-order valence-corrected chi connectivity index (χ4v) is 3.56. The summed E-state index contributed by atoms with van der Waals surface area (Å²) in [6.07, 6.45) is -0.317. The minimum atomic E-state index is -1.07. The normalized spacial score (nSPS) is 17.0. The molecule has 1 unspecified atom stereocenters. The van der Waals surface area contributed by atoms with Crippen LogP contribution in [0.2, 0.25) is 0 Å². The number of nitrogens with two attached hydrogens (primary N) is 1. The van der Waals surface area contributed by atoms with Crippen molar-refractivity contribution in [3.63, 3.8) is 0 Å². The summed E-state index contributed by atoms with van der Waals surface area (Å²) in [7, 11) is 0. The number of benzene rings is 2. The van der Waals surface area contributed by atoms with Crippen LogP contribution >= 0.6 is 0 Å². The van der Waals surface area contributed by atoms with Gasteiger partial charge in [-0.2, -0.15) is 0 Å². The summed E-state index contributed by atoms with van der Waals surface area (Å²) in [5.74, 6) is -0.0194. The van der Waals surface area contributed by atoms with Crippen molar-refractivity contribution in [1.29, 1.82) is 0 Å². The van der Waals surface area contributed by atoms with Gasteiger partial charge >= 0.3 is 0 Å². The number of aliphatic hydroxyl groups excluding tert-OH is 2. The molecule has 0 saturated heterocycles. The van der Waals surface area contributed by atoms with E-state index in [1.165, 1.54) is 0 Å². The molecular weight excluding hydrogens is 364 g/mol. The van der Waals surface area contributed by atoms with Gasteiger partial charge in [0.1, 0.15) is 6.10 Å². The molecule has 0 aliphatic heterocycles. The summed E-state index contributed by atoms with van der Waals surface area (Å²) in [6, 6.07) is 12.9. The summed E-state index contributed by atoms with van der Waals surface area (Å²) < 4.78 is 0. The largest absolute Gasteiger partial charge is 0.390 e. The lowest BCUT2D eigenvalue weighted by atomic mass is 9.91. The van der Waals surface area contributed by atoms with E-state index in [1.807, 2.05) is 64.1 Å². The van der Waals surface area contributed by atoms with Crippen LogP contribution in [0.25, 0.3) is 10.8 Å². The summed E-state index contributed by atoms with van der Waals surface area (Å²) in [5.41, 5.74) is 7.08. The number of carbonyl (C=O) groups excluding carboxylic acids is 1. The zero-order valence-corrected chi connectivity index (χ0v) is 18.0. The molecule has 0 heterocycles. The number of hydrogen-bond acceptors (Lipinski definition) is 4. The van der Waals surface area contributed by atoms with E-state index in [-0.39, 0.29) is 17.7 Å². The highest BCUT2D eigenvalue weighted by atomic mass is 16.3. The molecule has 0 spiro atoms. The van der Waals surface area contributed by atoms with Gasteiger partial charge in [-0.25, -0.2) is 0 Å². The molecule has 29 heavy (non-hydrogen) atoms. The molecule has 5 nitrogen and oxygen atoms in total. The Bertz CT molecular complexity index is 793. The van der Waals surface area contributed by atoms with E-state index in [0.29, 0.717) is 12.8 Å². The van der Waals surface area contributed by atoms with Gasteiger partial charge in [0.15, 0.2) is 0 Å². The highest BCUT2D eigenvalue weighted by molar-refractivity contribution is 5.83. The SMILES string of the molecule is CCC(C)[C@H](N)C(=O)N[C@@H](Cc1ccc2ccccc2c1)[C@@H](O)[C@@H](O)CC(C)C. The Kier molecular flexibility index (Phi) is 8.62. The lowest BCUT2D eigenvalue weighted by Gasteiger charge is -2.30. The van der Waals surface area contributed by atoms with Gasteiger partial charge in [-0.1, -0.05) is 76.6 Å². The molecule has 0 aliphatic rings. The van der Waals surface area contributed by atoms with Crippen LogP contribution in [-0.4, -0.2) is 40.4 Å². The summed E-state index contributed by atoms with van der Waals surface area (Å²) in [6.45, 7) is 7.91. The van der Waals surface area contributed by atoms with Gasteiger partial charge in [0.25, 0.3) is 0 Å². The molecule has 5 heteroatoms. The second-order valence-electron chi connectivity index (χ2n) is 8.60. The number of rotatable bonds is 10. The molecule has 1 amide bonds. The zero-order valence-electron chi connectivity index (χ0n) is 18.0. The maximum absolute atomic E-state index is 12.7. The van der Waals surface area contributed by atoms with E-state index >= 15 is 0 Å². The predicted octanol–water partition coefficient (Wildman–Crippen LogP) is 3.01. The second-order valence-corrected chi connectivity index (χ2v) is 8.60. The fourth-order valence-electron chi connectivity index (χ4n) is 3.56. The molecule has 5 N–H and O–H groups in total. The molecule has 160 valence electrons. The van der Waals surface area contributed by atoms with Gasteiger partial charge in [0.2, 0.25) is 5.91 Å². The zero-order chi connectivity index (χ0) is 21.6. The number of hydrogen-bond donors (Lipinski definition) is 4. The first-order valence-electron chi connectivity index (χ1n) is 10.6. The van der Waals surface area contributed by atoms with Crippen molar-refractivity contribution in [3.8, 4) is 0 Å². The molecule has 2 aromatic carbocycles. The van der Waals surface area contributed by atoms with Crippen molar-refractivity contribution in [2.45, 2.75) is 71.2 Å². The molecular formula is C24H36N2O3. The van der Waals surface area contributed by atoms with Gasteiger partial charge in [-0.15, -0.1) is 0 Å². The Hall–Kier alpha value is -1.95. The third-order valence-corrected chi connectivity index (χ3v) is 5.68. The molecule has 2 rings (SSSR count). The van der Waals surface area contributed by atoms with Crippen LogP contribution in [0.5, 0.6) is 0 Å². The third kappa shape index (κ3) is 6.53. The standard InChI is InChI=1S/C24H36N2O3/c1-5-16(4)22(25)24(29)26-20(23(28)21(27)12-15(2)3)14-17-10-11-18-8-6-7-9-19(18)13-17/h6-11,13,15-16,20-23,27-28H,5,12,14,25H2,1-4H3,(H,26,29)/t16?,20-,21-,22-,23+/m0/s1. The molecule has 0 bridgehead atoms. The number of amides is 1. The average Bonchev–Trinajstić information content (AvgIpc) is 2.70. The van der Waals surface area contributed by atoms with Gasteiger partial charge in [-0.05, 0) is 41.0 Å². The first-order valence-corrected chi connectivity index (χ1v) is 10.6. The Morgan fingerprint density at radius 3 is 2.34 bits per heavy atom. The number of nitrogens with one attached hydrogen (secondary N) is 1. The van der Waals surface area contributed by atoms with Gasteiger partial charge in [0.05, 0.1) is 18.2 Å². The molecule has 0 saturated carbocycles. The van der Waals surface area contributed by atoms with Crippen LogP contribution in [0.4, 0.5) is 0 Å². The summed E-state index contributed by atoms with van der Waals surface area (Å²) >= 11 is 0. The summed E-state index contributed by atoms with van der Waals surface area (Å²) in [5, 5.41) is 26.4. The molecule has 0 radical (unpaired) electrons. The van der Waals surface area contributed by atoms with Crippen molar-refractivity contribution in [2.24, 2.45) is 17.6 Å². The first kappa shape index (κ1) is 23.3. The number of aliphatic hydroxyl groups is 2. The monoisotopic (exact) mass is 400 g/mol. The van der Waals surface area contributed by atoms with Gasteiger partial charge < -0.3 is 21.3 Å². The van der Waals surface area contributed by atoms with Crippen LogP contribution in [0.1, 0.15) is 46.1 Å². The van der Waals surface area contributed by atoms with Crippen molar-refractivity contribution >= 4 is 16.7 Å². The van der Waals surface area contributed by atoms with E-state index in [9.17, 15) is 15.0 Å². The molecule has 0 aromatic heterocycles. The number of carbonyl (C=O) groups is 1. The minimum absolute atomic E-state index is 0.0362. The highest BCUT2D eigenvalue weighted by Crippen LogP contribution is 2.19. The van der Waals surface area contributed by atoms with Crippen LogP contribution < -0.4 is 11.1 Å². The Morgan fingerprint density at radius 1 is 1.07 bits per heavy atom. The minimum Gasteiger partial charge on any atom is -0.390 e. The maximum atomic E-state index is 12.7. The summed E-state index contributed by atoms with van der Waals surface area (Å²) in [4.78, 5) is 12.7. The van der Waals surface area contributed by atoms with Gasteiger partial charge in [0, 0.05) is 0 Å². The average molecular weight is 401 g/mol. The molecule has 0 fully saturated rings. The Balaban J connectivity index is 2.23. The molecule has 5 atom stereocenters. The second kappa shape index (κ2) is 10.7. The number of fused-ring (bicyclic) bond motifs is 1. The van der Waals surface area contributed by atoms with Crippen LogP contribution in [0.15, 0.2) is 42.5 Å². The van der Waals surface area contributed by atoms with Crippen LogP contribution in [0.3, 0.4) is 0 Å².